The number of rotatable bonds is 5. The number of hydrogen-bond donors (Lipinski definition) is 1. The Kier molecular flexibility index (Phi) is 4.56. The van der Waals surface area contributed by atoms with E-state index in [1.807, 2.05) is 19.1 Å². The minimum Gasteiger partial charge on any atom is -0.365 e. The van der Waals surface area contributed by atoms with Crippen molar-refractivity contribution < 1.29 is 0 Å². The fraction of sp³-hybridized carbons (Fsp3) is 0.429. The van der Waals surface area contributed by atoms with E-state index in [0.717, 1.165) is 6.54 Å². The van der Waals surface area contributed by atoms with Crippen molar-refractivity contribution in [1.82, 2.24) is 0 Å². The molecule has 0 unspecified atom stereocenters. The minimum atomic E-state index is 0.0577. The molecule has 0 bridgehead atoms. The van der Waals surface area contributed by atoms with Crippen LogP contribution in [0.15, 0.2) is 36.9 Å². The molecule has 2 N–H and O–H groups in total. The molecule has 1 atom stereocenters. The highest BCUT2D eigenvalue weighted by molar-refractivity contribution is 5.55. The highest BCUT2D eigenvalue weighted by Gasteiger charge is 2.14. The van der Waals surface area contributed by atoms with Gasteiger partial charge in [0.05, 0.1) is 0 Å². The molecule has 1 aromatic rings. The highest BCUT2D eigenvalue weighted by atomic mass is 15.1. The predicted octanol–water partition coefficient (Wildman–Crippen LogP) is 3.11. The van der Waals surface area contributed by atoms with E-state index in [1.54, 1.807) is 0 Å². The molecule has 0 saturated heterocycles. The number of nitrogens with two attached hydrogens (primary N) is 1. The first-order valence-electron chi connectivity index (χ1n) is 5.80. The summed E-state index contributed by atoms with van der Waals surface area (Å²) in [6.45, 7) is 11.0. The third-order valence-corrected chi connectivity index (χ3v) is 2.69. The Morgan fingerprint density at radius 3 is 2.44 bits per heavy atom. The first-order chi connectivity index (χ1) is 7.57. The van der Waals surface area contributed by atoms with Crippen molar-refractivity contribution in [2.24, 2.45) is 5.73 Å². The molecule has 0 saturated carbocycles. The van der Waals surface area contributed by atoms with Crippen molar-refractivity contribution in [2.75, 3.05) is 11.4 Å². The number of benzene rings is 1. The summed E-state index contributed by atoms with van der Waals surface area (Å²) in [5.74, 6) is 0. The van der Waals surface area contributed by atoms with Crippen LogP contribution in [-0.4, -0.2) is 12.6 Å². The van der Waals surface area contributed by atoms with Crippen molar-refractivity contribution in [3.05, 3.63) is 42.5 Å². The molecule has 88 valence electrons. The smallest absolute Gasteiger partial charge is 0.0419 e. The molecule has 0 aliphatic heterocycles. The molecule has 0 heterocycles. The van der Waals surface area contributed by atoms with E-state index in [4.69, 9.17) is 5.73 Å². The minimum absolute atomic E-state index is 0.0577. The lowest BCUT2D eigenvalue weighted by molar-refractivity contribution is 0.708. The lowest BCUT2D eigenvalue weighted by atomic mass is 10.0. The SMILES string of the molecule is C=CCN(c1ccccc1[C@@H](C)N)C(C)C. The molecule has 1 aromatic carbocycles. The molecule has 0 amide bonds. The summed E-state index contributed by atoms with van der Waals surface area (Å²) in [4.78, 5) is 2.31. The average molecular weight is 218 g/mol. The molecular formula is C14H22N2. The van der Waals surface area contributed by atoms with E-state index in [9.17, 15) is 0 Å². The van der Waals surface area contributed by atoms with Crippen molar-refractivity contribution in [3.63, 3.8) is 0 Å². The number of hydrogen-bond acceptors (Lipinski definition) is 2. The summed E-state index contributed by atoms with van der Waals surface area (Å²) >= 11 is 0. The summed E-state index contributed by atoms with van der Waals surface area (Å²) in [5, 5.41) is 0. The van der Waals surface area contributed by atoms with E-state index >= 15 is 0 Å². The van der Waals surface area contributed by atoms with Crippen LogP contribution in [0.4, 0.5) is 5.69 Å². The number of para-hydroxylation sites is 1. The van der Waals surface area contributed by atoms with Gasteiger partial charge in [-0.25, -0.2) is 0 Å². The van der Waals surface area contributed by atoms with Gasteiger partial charge in [0.25, 0.3) is 0 Å². The summed E-state index contributed by atoms with van der Waals surface area (Å²) in [5.41, 5.74) is 8.40. The topological polar surface area (TPSA) is 29.3 Å². The second-order valence-corrected chi connectivity index (χ2v) is 4.38. The molecule has 0 aliphatic carbocycles. The van der Waals surface area contributed by atoms with Gasteiger partial charge in [0.15, 0.2) is 0 Å². The van der Waals surface area contributed by atoms with Crippen LogP contribution in [0.5, 0.6) is 0 Å². The van der Waals surface area contributed by atoms with Crippen LogP contribution in [0, 0.1) is 0 Å². The maximum absolute atomic E-state index is 6.00. The quantitative estimate of drug-likeness (QED) is 0.769. The van der Waals surface area contributed by atoms with Gasteiger partial charge in [-0.1, -0.05) is 24.3 Å². The zero-order valence-electron chi connectivity index (χ0n) is 10.5. The van der Waals surface area contributed by atoms with E-state index in [1.165, 1.54) is 11.3 Å². The van der Waals surface area contributed by atoms with Crippen LogP contribution in [0.25, 0.3) is 0 Å². The zero-order valence-corrected chi connectivity index (χ0v) is 10.5. The number of anilines is 1. The second kappa shape index (κ2) is 5.71. The van der Waals surface area contributed by atoms with Crippen LogP contribution in [-0.2, 0) is 0 Å². The van der Waals surface area contributed by atoms with Crippen LogP contribution in [0.3, 0.4) is 0 Å². The molecule has 0 fully saturated rings. The Hall–Kier alpha value is -1.28. The normalized spacial score (nSPS) is 12.6. The van der Waals surface area contributed by atoms with E-state index < -0.39 is 0 Å². The van der Waals surface area contributed by atoms with Gasteiger partial charge < -0.3 is 10.6 Å². The van der Waals surface area contributed by atoms with Crippen molar-refractivity contribution in [2.45, 2.75) is 32.9 Å². The Morgan fingerprint density at radius 1 is 1.31 bits per heavy atom. The van der Waals surface area contributed by atoms with E-state index in [-0.39, 0.29) is 6.04 Å². The Balaban J connectivity index is 3.12. The average Bonchev–Trinajstić information content (AvgIpc) is 2.25. The third kappa shape index (κ3) is 2.86. The zero-order chi connectivity index (χ0) is 12.1. The first-order valence-corrected chi connectivity index (χ1v) is 5.80. The maximum Gasteiger partial charge on any atom is 0.0419 e. The summed E-state index contributed by atoms with van der Waals surface area (Å²) in [6.07, 6.45) is 1.93. The summed E-state index contributed by atoms with van der Waals surface area (Å²) in [6, 6.07) is 8.81. The fourth-order valence-corrected chi connectivity index (χ4v) is 1.86. The van der Waals surface area contributed by atoms with Gasteiger partial charge in [0.2, 0.25) is 0 Å². The van der Waals surface area contributed by atoms with Crippen LogP contribution in [0.2, 0.25) is 0 Å². The van der Waals surface area contributed by atoms with Crippen LogP contribution < -0.4 is 10.6 Å². The maximum atomic E-state index is 6.00. The van der Waals surface area contributed by atoms with Gasteiger partial charge in [0, 0.05) is 24.3 Å². The fourth-order valence-electron chi connectivity index (χ4n) is 1.86. The second-order valence-electron chi connectivity index (χ2n) is 4.38. The van der Waals surface area contributed by atoms with Gasteiger partial charge in [-0.15, -0.1) is 6.58 Å². The standard InChI is InChI=1S/C14H22N2/c1-5-10-16(11(2)3)14-9-7-6-8-13(14)12(4)15/h5-9,11-12H,1,10,15H2,2-4H3/t12-/m1/s1. The number of nitrogens with zero attached hydrogens (tertiary/aromatic N) is 1. The Labute approximate surface area is 98.8 Å². The van der Waals surface area contributed by atoms with Gasteiger partial charge in [-0.3, -0.25) is 0 Å². The lowest BCUT2D eigenvalue weighted by Gasteiger charge is -2.30. The van der Waals surface area contributed by atoms with Gasteiger partial charge >= 0.3 is 0 Å². The van der Waals surface area contributed by atoms with Gasteiger partial charge in [0.1, 0.15) is 0 Å². The van der Waals surface area contributed by atoms with Crippen molar-refractivity contribution in [1.29, 1.82) is 0 Å². The molecule has 0 spiro atoms. The van der Waals surface area contributed by atoms with Gasteiger partial charge in [-0.2, -0.15) is 0 Å². The third-order valence-electron chi connectivity index (χ3n) is 2.69. The first kappa shape index (κ1) is 12.8. The highest BCUT2D eigenvalue weighted by Crippen LogP contribution is 2.26. The van der Waals surface area contributed by atoms with Crippen molar-refractivity contribution in [3.8, 4) is 0 Å². The van der Waals surface area contributed by atoms with Gasteiger partial charge in [-0.05, 0) is 32.4 Å². The largest absolute Gasteiger partial charge is 0.365 e. The summed E-state index contributed by atoms with van der Waals surface area (Å²) < 4.78 is 0. The molecule has 16 heavy (non-hydrogen) atoms. The molecule has 2 heteroatoms. The monoisotopic (exact) mass is 218 g/mol. The molecular weight excluding hydrogens is 196 g/mol. The van der Waals surface area contributed by atoms with Crippen LogP contribution in [0.1, 0.15) is 32.4 Å². The lowest BCUT2D eigenvalue weighted by Crippen LogP contribution is -2.32. The molecule has 1 rings (SSSR count). The predicted molar refractivity (Wildman–Crippen MR) is 71.7 cm³/mol. The van der Waals surface area contributed by atoms with Crippen molar-refractivity contribution >= 4 is 5.69 Å². The molecule has 0 aliphatic rings. The van der Waals surface area contributed by atoms with E-state index in [2.05, 4.69) is 43.5 Å². The molecule has 0 radical (unpaired) electrons. The molecule has 0 aromatic heterocycles. The van der Waals surface area contributed by atoms with Crippen LogP contribution >= 0.6 is 0 Å². The Bertz CT molecular complexity index is 342. The Morgan fingerprint density at radius 2 is 1.94 bits per heavy atom. The molecule has 2 nitrogen and oxygen atoms in total. The summed E-state index contributed by atoms with van der Waals surface area (Å²) in [7, 11) is 0. The van der Waals surface area contributed by atoms with E-state index in [0.29, 0.717) is 6.04 Å².